The first-order valence-electron chi connectivity index (χ1n) is 13.6. The van der Waals surface area contributed by atoms with Gasteiger partial charge in [-0.1, -0.05) is 85.5 Å². The Morgan fingerprint density at radius 3 is 2.23 bits per heavy atom. The Hall–Kier alpha value is -3.36. The fraction of sp³-hybridized carbons (Fsp3) is 0.355. The quantitative estimate of drug-likeness (QED) is 0.332. The predicted molar refractivity (Wildman–Crippen MR) is 159 cm³/mol. The summed E-state index contributed by atoms with van der Waals surface area (Å²) < 4.78 is 28.9. The Morgan fingerprint density at radius 2 is 1.57 bits per heavy atom. The molecule has 2 amide bonds. The maximum absolute atomic E-state index is 14.1. The number of rotatable bonds is 10. The van der Waals surface area contributed by atoms with Gasteiger partial charge in [0.2, 0.25) is 11.8 Å². The Kier molecular flexibility index (Phi) is 9.87. The number of carbonyl (C=O) groups excluding carboxylic acids is 2. The number of anilines is 1. The smallest absolute Gasteiger partial charge is 0.264 e. The zero-order valence-electron chi connectivity index (χ0n) is 22.9. The van der Waals surface area contributed by atoms with E-state index >= 15 is 0 Å². The highest BCUT2D eigenvalue weighted by molar-refractivity contribution is 7.92. The van der Waals surface area contributed by atoms with Crippen LogP contribution in [0.3, 0.4) is 0 Å². The molecule has 0 spiro atoms. The molecule has 7 nitrogen and oxygen atoms in total. The molecule has 0 saturated heterocycles. The molecule has 3 aromatic carbocycles. The fourth-order valence-electron chi connectivity index (χ4n) is 5.02. The van der Waals surface area contributed by atoms with Crippen LogP contribution in [0.4, 0.5) is 5.69 Å². The minimum Gasteiger partial charge on any atom is -0.352 e. The van der Waals surface area contributed by atoms with Gasteiger partial charge in [-0.15, -0.1) is 0 Å². The van der Waals surface area contributed by atoms with Crippen molar-refractivity contribution in [3.8, 4) is 0 Å². The predicted octanol–water partition coefficient (Wildman–Crippen LogP) is 5.71. The molecule has 1 saturated carbocycles. The largest absolute Gasteiger partial charge is 0.352 e. The number of hydrogen-bond acceptors (Lipinski definition) is 4. The lowest BCUT2D eigenvalue weighted by atomic mass is 9.95. The van der Waals surface area contributed by atoms with Gasteiger partial charge in [0.1, 0.15) is 12.6 Å². The number of aryl methyl sites for hydroxylation is 1. The third-order valence-electron chi connectivity index (χ3n) is 7.36. The highest BCUT2D eigenvalue weighted by Crippen LogP contribution is 2.30. The Morgan fingerprint density at radius 1 is 0.950 bits per heavy atom. The van der Waals surface area contributed by atoms with Crippen molar-refractivity contribution in [2.24, 2.45) is 0 Å². The van der Waals surface area contributed by atoms with E-state index in [2.05, 4.69) is 5.32 Å². The molecule has 1 aliphatic rings. The number of hydrogen-bond donors (Lipinski definition) is 1. The fourth-order valence-corrected chi connectivity index (χ4v) is 6.67. The van der Waals surface area contributed by atoms with E-state index in [1.807, 2.05) is 30.3 Å². The van der Waals surface area contributed by atoms with E-state index in [1.54, 1.807) is 50.2 Å². The Labute approximate surface area is 242 Å². The molecule has 1 aliphatic carbocycles. The molecule has 0 aliphatic heterocycles. The van der Waals surface area contributed by atoms with Gasteiger partial charge in [-0.3, -0.25) is 13.9 Å². The normalized spacial score (nSPS) is 14.8. The van der Waals surface area contributed by atoms with Crippen LogP contribution in [0.1, 0.15) is 50.2 Å². The lowest BCUT2D eigenvalue weighted by molar-refractivity contribution is -0.139. The second kappa shape index (κ2) is 13.3. The highest BCUT2D eigenvalue weighted by atomic mass is 35.5. The van der Waals surface area contributed by atoms with E-state index in [0.29, 0.717) is 16.3 Å². The SMILES string of the molecule is Cc1ccc(Cl)cc1N(CC(=O)N(Cc1ccccc1)[C@H](C)C(=O)NC1CCCCC1)S(=O)(=O)c1ccccc1. The summed E-state index contributed by atoms with van der Waals surface area (Å²) in [4.78, 5) is 28.9. The first-order chi connectivity index (χ1) is 19.2. The molecular weight excluding hydrogens is 546 g/mol. The average molecular weight is 582 g/mol. The van der Waals surface area contributed by atoms with Crippen LogP contribution in [-0.2, 0) is 26.2 Å². The molecule has 3 aromatic rings. The number of amides is 2. The Bertz CT molecular complexity index is 1410. The molecule has 1 fully saturated rings. The van der Waals surface area contributed by atoms with E-state index in [-0.39, 0.29) is 23.4 Å². The highest BCUT2D eigenvalue weighted by Gasteiger charge is 2.33. The van der Waals surface area contributed by atoms with Gasteiger partial charge in [-0.25, -0.2) is 8.42 Å². The van der Waals surface area contributed by atoms with Crippen LogP contribution in [0.25, 0.3) is 0 Å². The minimum absolute atomic E-state index is 0.0554. The van der Waals surface area contributed by atoms with Crippen molar-refractivity contribution in [2.45, 2.75) is 69.5 Å². The van der Waals surface area contributed by atoms with Crippen molar-refractivity contribution in [3.63, 3.8) is 0 Å². The zero-order valence-corrected chi connectivity index (χ0v) is 24.5. The van der Waals surface area contributed by atoms with Crippen molar-refractivity contribution < 1.29 is 18.0 Å². The van der Waals surface area contributed by atoms with Crippen LogP contribution in [0.5, 0.6) is 0 Å². The molecule has 4 rings (SSSR count). The lowest BCUT2D eigenvalue weighted by Crippen LogP contribution is -2.53. The first kappa shape index (κ1) is 29.6. The maximum atomic E-state index is 14.1. The van der Waals surface area contributed by atoms with E-state index in [9.17, 15) is 18.0 Å². The van der Waals surface area contributed by atoms with Crippen molar-refractivity contribution in [1.82, 2.24) is 10.2 Å². The standard InChI is InChI=1S/C31H36ClN3O4S/c1-23-18-19-26(32)20-29(23)35(40(38,39)28-16-10-5-11-17-28)22-30(36)34(21-25-12-6-3-7-13-25)24(2)31(37)33-27-14-8-4-9-15-27/h3,5-7,10-13,16-20,24,27H,4,8-9,14-15,21-22H2,1-2H3,(H,33,37)/t24-/m1/s1. The van der Waals surface area contributed by atoms with E-state index < -0.39 is 28.5 Å². The number of sulfonamides is 1. The summed E-state index contributed by atoms with van der Waals surface area (Å²) in [5.74, 6) is -0.735. The molecular formula is C31H36ClN3O4S. The summed E-state index contributed by atoms with van der Waals surface area (Å²) in [6, 6.07) is 21.6. The summed E-state index contributed by atoms with van der Waals surface area (Å²) in [6.07, 6.45) is 5.13. The van der Waals surface area contributed by atoms with Crippen molar-refractivity contribution in [2.75, 3.05) is 10.8 Å². The van der Waals surface area contributed by atoms with Crippen molar-refractivity contribution >= 4 is 39.1 Å². The summed E-state index contributed by atoms with van der Waals surface area (Å²) in [6.45, 7) is 3.13. The second-order valence-electron chi connectivity index (χ2n) is 10.3. The molecule has 0 aromatic heterocycles. The molecule has 40 heavy (non-hydrogen) atoms. The van der Waals surface area contributed by atoms with Gasteiger partial charge in [0.25, 0.3) is 10.0 Å². The van der Waals surface area contributed by atoms with E-state index in [4.69, 9.17) is 11.6 Å². The lowest BCUT2D eigenvalue weighted by Gasteiger charge is -2.33. The van der Waals surface area contributed by atoms with Gasteiger partial charge in [0, 0.05) is 17.6 Å². The van der Waals surface area contributed by atoms with E-state index in [1.165, 1.54) is 17.0 Å². The monoisotopic (exact) mass is 581 g/mol. The minimum atomic E-state index is -4.14. The topological polar surface area (TPSA) is 86.8 Å². The first-order valence-corrected chi connectivity index (χ1v) is 15.5. The number of benzene rings is 3. The third kappa shape index (κ3) is 7.23. The zero-order chi connectivity index (χ0) is 28.7. The second-order valence-corrected chi connectivity index (χ2v) is 12.6. The number of nitrogens with one attached hydrogen (secondary N) is 1. The molecule has 0 bridgehead atoms. The summed E-state index contributed by atoms with van der Waals surface area (Å²) in [5.41, 5.74) is 1.79. The van der Waals surface area contributed by atoms with Crippen LogP contribution in [0.15, 0.2) is 83.8 Å². The molecule has 0 radical (unpaired) electrons. The van der Waals surface area contributed by atoms with Crippen LogP contribution >= 0.6 is 11.6 Å². The molecule has 1 N–H and O–H groups in total. The summed E-state index contributed by atoms with van der Waals surface area (Å²) >= 11 is 6.28. The summed E-state index contributed by atoms with van der Waals surface area (Å²) in [5, 5.41) is 3.47. The molecule has 0 unspecified atom stereocenters. The third-order valence-corrected chi connectivity index (χ3v) is 9.37. The van der Waals surface area contributed by atoms with Crippen LogP contribution in [-0.4, -0.2) is 43.8 Å². The maximum Gasteiger partial charge on any atom is 0.264 e. The number of nitrogens with zero attached hydrogens (tertiary/aromatic N) is 2. The van der Waals surface area contributed by atoms with E-state index in [0.717, 1.165) is 42.0 Å². The molecule has 9 heteroatoms. The van der Waals surface area contributed by atoms with Crippen LogP contribution < -0.4 is 9.62 Å². The van der Waals surface area contributed by atoms with Crippen molar-refractivity contribution in [3.05, 3.63) is 95.0 Å². The molecule has 212 valence electrons. The van der Waals surface area contributed by atoms with Crippen LogP contribution in [0, 0.1) is 6.92 Å². The van der Waals surface area contributed by atoms with Gasteiger partial charge in [-0.05, 0) is 62.1 Å². The van der Waals surface area contributed by atoms with Gasteiger partial charge >= 0.3 is 0 Å². The molecule has 1 atom stereocenters. The van der Waals surface area contributed by atoms with Gasteiger partial charge in [0.15, 0.2) is 0 Å². The van der Waals surface area contributed by atoms with Crippen molar-refractivity contribution in [1.29, 1.82) is 0 Å². The van der Waals surface area contributed by atoms with Gasteiger partial charge in [0.05, 0.1) is 10.6 Å². The molecule has 0 heterocycles. The average Bonchev–Trinajstić information content (AvgIpc) is 2.97. The van der Waals surface area contributed by atoms with Gasteiger partial charge < -0.3 is 10.2 Å². The van der Waals surface area contributed by atoms with Crippen LogP contribution in [0.2, 0.25) is 5.02 Å². The number of halogens is 1. The number of carbonyl (C=O) groups is 2. The Balaban J connectivity index is 1.68. The van der Waals surface area contributed by atoms with Gasteiger partial charge in [-0.2, -0.15) is 0 Å². The summed E-state index contributed by atoms with van der Waals surface area (Å²) in [7, 11) is -4.14.